The summed E-state index contributed by atoms with van der Waals surface area (Å²) in [5.41, 5.74) is 4.22. The van der Waals surface area contributed by atoms with E-state index in [0.29, 0.717) is 28.8 Å². The summed E-state index contributed by atoms with van der Waals surface area (Å²) in [5, 5.41) is 14.3. The molecule has 29 heavy (non-hydrogen) atoms. The SMILES string of the molecule is Cc1cc(N2CCN(Cc3nc(-c4ccc(Cl)cc4)no3)CC2)c(C#N)c(C)n1. The van der Waals surface area contributed by atoms with Gasteiger partial charge in [0.2, 0.25) is 11.7 Å². The molecule has 7 nitrogen and oxygen atoms in total. The highest BCUT2D eigenvalue weighted by atomic mass is 35.5. The van der Waals surface area contributed by atoms with Crippen molar-refractivity contribution in [2.45, 2.75) is 20.4 Å². The van der Waals surface area contributed by atoms with Crippen molar-refractivity contribution in [1.82, 2.24) is 20.0 Å². The Morgan fingerprint density at radius 1 is 1.10 bits per heavy atom. The Kier molecular flexibility index (Phi) is 5.47. The number of piperazine rings is 1. The number of aromatic nitrogens is 3. The Morgan fingerprint density at radius 2 is 1.83 bits per heavy atom. The first-order chi connectivity index (χ1) is 14.0. The molecule has 0 atom stereocenters. The second-order valence-corrected chi connectivity index (χ2v) is 7.57. The summed E-state index contributed by atoms with van der Waals surface area (Å²) >= 11 is 5.93. The van der Waals surface area contributed by atoms with Crippen LogP contribution in [0, 0.1) is 25.2 Å². The highest BCUT2D eigenvalue weighted by molar-refractivity contribution is 6.30. The van der Waals surface area contributed by atoms with E-state index in [1.54, 1.807) is 0 Å². The van der Waals surface area contributed by atoms with E-state index in [4.69, 9.17) is 16.1 Å². The van der Waals surface area contributed by atoms with Crippen LogP contribution in [-0.2, 0) is 6.54 Å². The molecule has 148 valence electrons. The third kappa shape index (κ3) is 4.24. The summed E-state index contributed by atoms with van der Waals surface area (Å²) in [4.78, 5) is 13.4. The number of rotatable bonds is 4. The van der Waals surface area contributed by atoms with Crippen molar-refractivity contribution < 1.29 is 4.52 Å². The van der Waals surface area contributed by atoms with Crippen molar-refractivity contribution in [2.24, 2.45) is 0 Å². The Morgan fingerprint density at radius 3 is 2.52 bits per heavy atom. The largest absolute Gasteiger partial charge is 0.368 e. The maximum Gasteiger partial charge on any atom is 0.241 e. The topological polar surface area (TPSA) is 82.1 Å². The minimum atomic E-state index is 0.566. The van der Waals surface area contributed by atoms with Crippen LogP contribution in [-0.4, -0.2) is 46.2 Å². The van der Waals surface area contributed by atoms with Gasteiger partial charge in [0.15, 0.2) is 0 Å². The summed E-state index contributed by atoms with van der Waals surface area (Å²) in [6, 6.07) is 11.7. The molecule has 0 aliphatic carbocycles. The molecular weight excluding hydrogens is 388 g/mol. The summed E-state index contributed by atoms with van der Waals surface area (Å²) < 4.78 is 5.43. The van der Waals surface area contributed by atoms with Crippen LogP contribution >= 0.6 is 11.6 Å². The van der Waals surface area contributed by atoms with Crippen molar-refractivity contribution >= 4 is 17.3 Å². The number of pyridine rings is 1. The van der Waals surface area contributed by atoms with Crippen LogP contribution in [0.5, 0.6) is 0 Å². The van der Waals surface area contributed by atoms with Crippen LogP contribution in [0.4, 0.5) is 5.69 Å². The minimum Gasteiger partial charge on any atom is -0.368 e. The predicted molar refractivity (Wildman–Crippen MR) is 111 cm³/mol. The summed E-state index contributed by atoms with van der Waals surface area (Å²) in [6.07, 6.45) is 0. The number of hydrogen-bond donors (Lipinski definition) is 0. The monoisotopic (exact) mass is 408 g/mol. The van der Waals surface area contributed by atoms with Gasteiger partial charge in [-0.3, -0.25) is 9.88 Å². The molecule has 8 heteroatoms. The number of halogens is 1. The zero-order valence-corrected chi connectivity index (χ0v) is 17.1. The average Bonchev–Trinajstić information content (AvgIpc) is 3.17. The van der Waals surface area contributed by atoms with E-state index in [0.717, 1.165) is 48.8 Å². The lowest BCUT2D eigenvalue weighted by molar-refractivity contribution is 0.215. The summed E-state index contributed by atoms with van der Waals surface area (Å²) in [6.45, 7) is 7.81. The van der Waals surface area contributed by atoms with Gasteiger partial charge in [-0.2, -0.15) is 10.2 Å². The van der Waals surface area contributed by atoms with Crippen molar-refractivity contribution in [1.29, 1.82) is 5.26 Å². The highest BCUT2D eigenvalue weighted by Crippen LogP contribution is 2.25. The van der Waals surface area contributed by atoms with Gasteiger partial charge in [0.1, 0.15) is 6.07 Å². The van der Waals surface area contributed by atoms with E-state index < -0.39 is 0 Å². The fraction of sp³-hybridized carbons (Fsp3) is 0.333. The van der Waals surface area contributed by atoms with E-state index in [-0.39, 0.29) is 0 Å². The molecule has 0 radical (unpaired) electrons. The molecule has 4 rings (SSSR count). The lowest BCUT2D eigenvalue weighted by Gasteiger charge is -2.36. The van der Waals surface area contributed by atoms with Crippen LogP contribution in [0.3, 0.4) is 0 Å². The highest BCUT2D eigenvalue weighted by Gasteiger charge is 2.22. The van der Waals surface area contributed by atoms with E-state index >= 15 is 0 Å². The van der Waals surface area contributed by atoms with Gasteiger partial charge in [-0.1, -0.05) is 16.8 Å². The minimum absolute atomic E-state index is 0.566. The Bertz CT molecular complexity index is 1050. The second-order valence-electron chi connectivity index (χ2n) is 7.14. The summed E-state index contributed by atoms with van der Waals surface area (Å²) in [5.74, 6) is 1.16. The molecule has 1 aliphatic rings. The Balaban J connectivity index is 1.40. The van der Waals surface area contributed by atoms with Gasteiger partial charge in [0.25, 0.3) is 0 Å². The lowest BCUT2D eigenvalue weighted by atomic mass is 10.1. The van der Waals surface area contributed by atoms with Gasteiger partial charge in [-0.05, 0) is 44.2 Å². The van der Waals surface area contributed by atoms with Crippen LogP contribution in [0.2, 0.25) is 5.02 Å². The third-order valence-corrected chi connectivity index (χ3v) is 5.31. The van der Waals surface area contributed by atoms with E-state index in [2.05, 4.69) is 31.0 Å². The third-order valence-electron chi connectivity index (χ3n) is 5.06. The first-order valence-electron chi connectivity index (χ1n) is 9.47. The molecule has 0 N–H and O–H groups in total. The van der Waals surface area contributed by atoms with Gasteiger partial charge >= 0.3 is 0 Å². The molecule has 1 saturated heterocycles. The van der Waals surface area contributed by atoms with Gasteiger partial charge < -0.3 is 9.42 Å². The average molecular weight is 409 g/mol. The fourth-order valence-corrected chi connectivity index (χ4v) is 3.70. The zero-order valence-electron chi connectivity index (χ0n) is 16.4. The van der Waals surface area contributed by atoms with Crippen molar-refractivity contribution in [3.8, 4) is 17.5 Å². The zero-order chi connectivity index (χ0) is 20.4. The van der Waals surface area contributed by atoms with Crippen LogP contribution < -0.4 is 4.90 Å². The predicted octanol–water partition coefficient (Wildman–Crippen LogP) is 3.60. The molecule has 3 heterocycles. The van der Waals surface area contributed by atoms with E-state index in [1.165, 1.54) is 0 Å². The molecule has 1 aliphatic heterocycles. The number of hydrogen-bond acceptors (Lipinski definition) is 7. The van der Waals surface area contributed by atoms with Crippen LogP contribution in [0.15, 0.2) is 34.9 Å². The standard InChI is InChI=1S/C21H21ClN6O/c1-14-11-19(18(12-23)15(2)24-14)28-9-7-27(8-10-28)13-20-25-21(26-29-20)16-3-5-17(22)6-4-16/h3-6,11H,7-10,13H2,1-2H3. The molecule has 2 aromatic heterocycles. The number of anilines is 1. The normalized spacial score (nSPS) is 14.8. The van der Waals surface area contributed by atoms with Gasteiger partial charge in [-0.25, -0.2) is 0 Å². The number of aryl methyl sites for hydroxylation is 2. The second kappa shape index (κ2) is 8.19. The molecule has 1 fully saturated rings. The molecule has 0 amide bonds. The van der Waals surface area contributed by atoms with E-state index in [9.17, 15) is 5.26 Å². The van der Waals surface area contributed by atoms with Crippen molar-refractivity contribution in [2.75, 3.05) is 31.1 Å². The van der Waals surface area contributed by atoms with Crippen LogP contribution in [0.25, 0.3) is 11.4 Å². The molecule has 0 saturated carbocycles. The van der Waals surface area contributed by atoms with Crippen molar-refractivity contribution in [3.05, 3.63) is 58.2 Å². The first kappa shape index (κ1) is 19.4. The van der Waals surface area contributed by atoms with Gasteiger partial charge in [0.05, 0.1) is 23.5 Å². The Labute approximate surface area is 174 Å². The molecular formula is C21H21ClN6O. The van der Waals surface area contributed by atoms with Gasteiger partial charge in [-0.15, -0.1) is 0 Å². The van der Waals surface area contributed by atoms with Crippen LogP contribution in [0.1, 0.15) is 22.8 Å². The molecule has 0 spiro atoms. The first-order valence-corrected chi connectivity index (χ1v) is 9.85. The lowest BCUT2D eigenvalue weighted by Crippen LogP contribution is -2.46. The molecule has 0 unspecified atom stereocenters. The quantitative estimate of drug-likeness (QED) is 0.652. The van der Waals surface area contributed by atoms with E-state index in [1.807, 2.05) is 44.2 Å². The maximum atomic E-state index is 9.52. The summed E-state index contributed by atoms with van der Waals surface area (Å²) in [7, 11) is 0. The van der Waals surface area contributed by atoms with Gasteiger partial charge in [0, 0.05) is 42.5 Å². The molecule has 0 bridgehead atoms. The van der Waals surface area contributed by atoms with Crippen molar-refractivity contribution in [3.63, 3.8) is 0 Å². The maximum absolute atomic E-state index is 9.52. The fourth-order valence-electron chi connectivity index (χ4n) is 3.57. The smallest absolute Gasteiger partial charge is 0.241 e. The number of nitriles is 1. The molecule has 1 aromatic carbocycles. The number of nitrogens with zero attached hydrogens (tertiary/aromatic N) is 6. The molecule has 3 aromatic rings. The number of benzene rings is 1. The Hall–Kier alpha value is -2.95.